The summed E-state index contributed by atoms with van der Waals surface area (Å²) in [7, 11) is 0. The predicted octanol–water partition coefficient (Wildman–Crippen LogP) is 3.84. The number of halogens is 2. The molecule has 0 aliphatic rings. The lowest BCUT2D eigenvalue weighted by atomic mass is 10.0. The molecular weight excluding hydrogens is 486 g/mol. The number of thiazole rings is 1. The van der Waals surface area contributed by atoms with Crippen LogP contribution in [0.4, 0.5) is 14.6 Å². The molecule has 0 spiro atoms. The van der Waals surface area contributed by atoms with E-state index >= 15 is 0 Å². The number of fused-ring (bicyclic) bond motifs is 2. The molecule has 0 saturated carbocycles. The molecule has 0 unspecified atom stereocenters. The van der Waals surface area contributed by atoms with Crippen molar-refractivity contribution in [3.63, 3.8) is 0 Å². The van der Waals surface area contributed by atoms with Crippen molar-refractivity contribution >= 4 is 33.8 Å². The fraction of sp³-hybridized carbons (Fsp3) is 0.0833. The first-order valence-corrected chi connectivity index (χ1v) is 11.6. The minimum absolute atomic E-state index is 0.0136. The number of hydrogen-bond acceptors (Lipinski definition) is 8. The topological polar surface area (TPSA) is 117 Å². The largest absolute Gasteiger partial charge is 0.383 e. The van der Waals surface area contributed by atoms with Crippen molar-refractivity contribution in [3.05, 3.63) is 87.8 Å². The minimum Gasteiger partial charge on any atom is -0.383 e. The summed E-state index contributed by atoms with van der Waals surface area (Å²) < 4.78 is 30.7. The molecule has 0 aliphatic heterocycles. The highest BCUT2D eigenvalue weighted by Crippen LogP contribution is 2.34. The molecular formula is C24H16F2N8OS. The Labute approximate surface area is 205 Å². The van der Waals surface area contributed by atoms with Crippen LogP contribution < -0.4 is 11.3 Å². The van der Waals surface area contributed by atoms with Gasteiger partial charge in [0.25, 0.3) is 5.56 Å². The molecule has 0 aliphatic carbocycles. The predicted molar refractivity (Wildman–Crippen MR) is 131 cm³/mol. The van der Waals surface area contributed by atoms with Gasteiger partial charge >= 0.3 is 0 Å². The fourth-order valence-corrected chi connectivity index (χ4v) is 4.90. The van der Waals surface area contributed by atoms with Crippen LogP contribution >= 0.6 is 11.3 Å². The number of aryl methyl sites for hydroxylation is 1. The van der Waals surface area contributed by atoms with Crippen molar-refractivity contribution in [2.45, 2.75) is 13.5 Å². The molecule has 1 aromatic carbocycles. The number of benzene rings is 1. The van der Waals surface area contributed by atoms with Gasteiger partial charge < -0.3 is 5.73 Å². The van der Waals surface area contributed by atoms with E-state index in [4.69, 9.17) is 10.8 Å². The van der Waals surface area contributed by atoms with Gasteiger partial charge in [0.1, 0.15) is 35.1 Å². The van der Waals surface area contributed by atoms with Crippen LogP contribution in [-0.4, -0.2) is 34.1 Å². The number of aromatic nitrogens is 7. The average molecular weight is 503 g/mol. The van der Waals surface area contributed by atoms with E-state index in [-0.39, 0.29) is 23.6 Å². The van der Waals surface area contributed by atoms with Gasteiger partial charge in [-0.05, 0) is 36.8 Å². The van der Waals surface area contributed by atoms with Crippen LogP contribution in [0.25, 0.3) is 38.4 Å². The summed E-state index contributed by atoms with van der Waals surface area (Å²) in [6.45, 7) is 1.90. The summed E-state index contributed by atoms with van der Waals surface area (Å²) in [6.07, 6.45) is 4.08. The summed E-state index contributed by atoms with van der Waals surface area (Å²) in [4.78, 5) is 31.7. The van der Waals surface area contributed by atoms with E-state index in [1.54, 1.807) is 16.9 Å². The van der Waals surface area contributed by atoms with Gasteiger partial charge in [0, 0.05) is 12.4 Å². The monoisotopic (exact) mass is 502 g/mol. The highest BCUT2D eigenvalue weighted by molar-refractivity contribution is 7.15. The lowest BCUT2D eigenvalue weighted by molar-refractivity contribution is 0.616. The number of rotatable bonds is 4. The first-order valence-electron chi connectivity index (χ1n) is 10.8. The number of hydrogen-bond donors (Lipinski definition) is 1. The molecule has 6 rings (SSSR count). The van der Waals surface area contributed by atoms with E-state index in [0.29, 0.717) is 28.0 Å². The van der Waals surface area contributed by atoms with Gasteiger partial charge in [-0.1, -0.05) is 12.1 Å². The smallest absolute Gasteiger partial charge is 0.266 e. The van der Waals surface area contributed by atoms with Gasteiger partial charge in [0.05, 0.1) is 33.1 Å². The van der Waals surface area contributed by atoms with Crippen LogP contribution in [0.15, 0.2) is 59.9 Å². The third-order valence-corrected chi connectivity index (χ3v) is 6.61. The zero-order valence-electron chi connectivity index (χ0n) is 18.7. The molecule has 0 fully saturated rings. The Kier molecular flexibility index (Phi) is 5.04. The third kappa shape index (κ3) is 3.58. The molecule has 0 amide bonds. The summed E-state index contributed by atoms with van der Waals surface area (Å²) in [5.74, 6) is -0.867. The summed E-state index contributed by atoms with van der Waals surface area (Å²) in [6, 6.07) is 8.23. The van der Waals surface area contributed by atoms with Crippen molar-refractivity contribution in [1.29, 1.82) is 0 Å². The normalized spacial score (nSPS) is 11.5. The van der Waals surface area contributed by atoms with Gasteiger partial charge in [-0.2, -0.15) is 5.10 Å². The van der Waals surface area contributed by atoms with E-state index in [2.05, 4.69) is 19.9 Å². The summed E-state index contributed by atoms with van der Waals surface area (Å²) in [5, 5.41) is 6.13. The van der Waals surface area contributed by atoms with Crippen LogP contribution in [0.1, 0.15) is 10.7 Å². The first kappa shape index (κ1) is 21.9. The number of anilines is 1. The highest BCUT2D eigenvalue weighted by Gasteiger charge is 2.22. The van der Waals surface area contributed by atoms with E-state index in [1.807, 2.05) is 6.92 Å². The molecule has 0 saturated heterocycles. The molecule has 0 radical (unpaired) electrons. The van der Waals surface area contributed by atoms with Crippen molar-refractivity contribution < 1.29 is 8.78 Å². The maximum atomic E-state index is 14.1. The van der Waals surface area contributed by atoms with Crippen LogP contribution in [-0.2, 0) is 6.54 Å². The molecule has 6 aromatic rings. The lowest BCUT2D eigenvalue weighted by Gasteiger charge is -2.12. The SMILES string of the molecule is Cc1ncc(-c2nn(Cc3nc4ccc(F)cn4c(=O)c3-c3cccc(F)c3)c3ncnc(N)c23)s1. The maximum absolute atomic E-state index is 14.1. The van der Waals surface area contributed by atoms with Gasteiger partial charge in [-0.25, -0.2) is 33.4 Å². The minimum atomic E-state index is -0.598. The molecule has 0 atom stereocenters. The molecule has 5 heterocycles. The van der Waals surface area contributed by atoms with Crippen molar-refractivity contribution in [1.82, 2.24) is 34.1 Å². The summed E-state index contributed by atoms with van der Waals surface area (Å²) >= 11 is 1.45. The Morgan fingerprint density at radius 1 is 1.08 bits per heavy atom. The van der Waals surface area contributed by atoms with Gasteiger partial charge in [0.15, 0.2) is 5.65 Å². The number of nitrogens with zero attached hydrogens (tertiary/aromatic N) is 7. The second-order valence-corrected chi connectivity index (χ2v) is 9.27. The van der Waals surface area contributed by atoms with E-state index in [9.17, 15) is 13.6 Å². The Morgan fingerprint density at radius 2 is 1.94 bits per heavy atom. The Balaban J connectivity index is 1.61. The van der Waals surface area contributed by atoms with Crippen LogP contribution in [0.3, 0.4) is 0 Å². The molecule has 12 heteroatoms. The number of nitrogens with two attached hydrogens (primary N) is 1. The quantitative estimate of drug-likeness (QED) is 0.389. The zero-order chi connectivity index (χ0) is 25.0. The number of nitrogen functional groups attached to an aromatic ring is 1. The maximum Gasteiger partial charge on any atom is 0.266 e. The summed E-state index contributed by atoms with van der Waals surface area (Å²) in [5.41, 5.74) is 7.63. The van der Waals surface area contributed by atoms with Crippen molar-refractivity contribution in [2.75, 3.05) is 5.73 Å². The number of pyridine rings is 1. The van der Waals surface area contributed by atoms with Crippen molar-refractivity contribution in [3.8, 4) is 21.7 Å². The molecule has 0 bridgehead atoms. The molecule has 178 valence electrons. The van der Waals surface area contributed by atoms with Gasteiger partial charge in [-0.3, -0.25) is 9.20 Å². The van der Waals surface area contributed by atoms with Crippen molar-refractivity contribution in [2.24, 2.45) is 0 Å². The van der Waals surface area contributed by atoms with Crippen LogP contribution in [0, 0.1) is 18.6 Å². The van der Waals surface area contributed by atoms with Crippen LogP contribution in [0.2, 0.25) is 0 Å². The first-order chi connectivity index (χ1) is 17.4. The van der Waals surface area contributed by atoms with Crippen LogP contribution in [0.5, 0.6) is 0 Å². The third-order valence-electron chi connectivity index (χ3n) is 5.69. The molecule has 36 heavy (non-hydrogen) atoms. The highest BCUT2D eigenvalue weighted by atomic mass is 32.1. The zero-order valence-corrected chi connectivity index (χ0v) is 19.5. The molecule has 9 nitrogen and oxygen atoms in total. The Morgan fingerprint density at radius 3 is 2.72 bits per heavy atom. The molecule has 5 aromatic heterocycles. The standard InChI is InChI=1S/C24H16F2N8OS/c1-12-28-8-17(36-12)21-20-22(27)29-11-30-23(20)34(32-21)10-16-19(13-3-2-4-14(25)7-13)24(35)33-9-15(26)5-6-18(33)31-16/h2-9,11H,10H2,1H3,(H2,27,29,30). The second-order valence-electron chi connectivity index (χ2n) is 8.03. The molecule has 2 N–H and O–H groups in total. The van der Waals surface area contributed by atoms with E-state index < -0.39 is 17.2 Å². The van der Waals surface area contributed by atoms with E-state index in [0.717, 1.165) is 20.5 Å². The second kappa shape index (κ2) is 8.27. The Hall–Kier alpha value is -4.58. The van der Waals surface area contributed by atoms with Gasteiger partial charge in [0.2, 0.25) is 0 Å². The van der Waals surface area contributed by atoms with E-state index in [1.165, 1.54) is 48.0 Å². The average Bonchev–Trinajstić information content (AvgIpc) is 3.44. The fourth-order valence-electron chi connectivity index (χ4n) is 4.13. The lowest BCUT2D eigenvalue weighted by Crippen LogP contribution is -2.22. The Bertz CT molecular complexity index is 1860. The van der Waals surface area contributed by atoms with Gasteiger partial charge in [-0.15, -0.1) is 11.3 Å².